The summed E-state index contributed by atoms with van der Waals surface area (Å²) in [6, 6.07) is 7.59. The number of rotatable bonds is 5. The van der Waals surface area contributed by atoms with E-state index in [1.807, 2.05) is 0 Å². The zero-order chi connectivity index (χ0) is 23.2. The first-order valence-corrected chi connectivity index (χ1v) is 10.3. The number of hydrogen-bond acceptors (Lipinski definition) is 1. The van der Waals surface area contributed by atoms with Crippen molar-refractivity contribution in [1.29, 1.82) is 0 Å². The molecule has 0 saturated heterocycles. The summed E-state index contributed by atoms with van der Waals surface area (Å²) in [5, 5.41) is 0. The number of hydrogen-bond donors (Lipinski definition) is 0. The first-order chi connectivity index (χ1) is 15.3. The number of fused-ring (bicyclic) bond motifs is 3. The van der Waals surface area contributed by atoms with Gasteiger partial charge >= 0.3 is 0 Å². The number of alkyl halides is 2. The van der Waals surface area contributed by atoms with E-state index in [9.17, 15) is 17.6 Å². The van der Waals surface area contributed by atoms with Gasteiger partial charge in [0.1, 0.15) is 5.82 Å². The van der Waals surface area contributed by atoms with E-state index in [4.69, 9.17) is 4.74 Å². The second-order valence-corrected chi connectivity index (χ2v) is 7.61. The van der Waals surface area contributed by atoms with Gasteiger partial charge in [-0.15, -0.1) is 0 Å². The standard InChI is InChI=1S/C25H20F6O/c1-3-5-12-6-7-16(22(28)20(12)26)15-9-8-13-14-10-11-17(32-4-2)23(29)19(14)25(31)24(30)18(13)21(15)27/h6-11,24-25H,3-5H2,1-2H3. The van der Waals surface area contributed by atoms with Crippen LogP contribution in [0.5, 0.6) is 5.75 Å². The van der Waals surface area contributed by atoms with Crippen molar-refractivity contribution in [3.05, 3.63) is 76.4 Å². The fraction of sp³-hybridized carbons (Fsp3) is 0.280. The van der Waals surface area contributed by atoms with Crippen LogP contribution in [0.3, 0.4) is 0 Å². The SMILES string of the molecule is CCCc1ccc(-c2ccc3c(c2F)C(F)C(F)c2c-3ccc(OCC)c2F)c(F)c1F. The van der Waals surface area contributed by atoms with Gasteiger partial charge in [0, 0.05) is 22.3 Å². The number of halogens is 6. The molecule has 7 heteroatoms. The molecule has 0 saturated carbocycles. The zero-order valence-electron chi connectivity index (χ0n) is 17.4. The second-order valence-electron chi connectivity index (χ2n) is 7.61. The molecule has 0 heterocycles. The lowest BCUT2D eigenvalue weighted by atomic mass is 9.81. The van der Waals surface area contributed by atoms with Crippen LogP contribution in [-0.2, 0) is 6.42 Å². The Morgan fingerprint density at radius 2 is 1.19 bits per heavy atom. The molecule has 0 amide bonds. The van der Waals surface area contributed by atoms with Gasteiger partial charge in [0.05, 0.1) is 6.61 Å². The third-order valence-electron chi connectivity index (χ3n) is 5.69. The van der Waals surface area contributed by atoms with Crippen molar-refractivity contribution in [2.45, 2.75) is 39.0 Å². The molecule has 168 valence electrons. The van der Waals surface area contributed by atoms with Gasteiger partial charge in [-0.05, 0) is 36.1 Å². The molecular weight excluding hydrogens is 430 g/mol. The lowest BCUT2D eigenvalue weighted by molar-refractivity contribution is 0.159. The minimum atomic E-state index is -2.53. The minimum Gasteiger partial charge on any atom is -0.491 e. The number of benzene rings is 3. The summed E-state index contributed by atoms with van der Waals surface area (Å²) >= 11 is 0. The van der Waals surface area contributed by atoms with E-state index in [-0.39, 0.29) is 29.0 Å². The van der Waals surface area contributed by atoms with Crippen LogP contribution in [0, 0.1) is 23.3 Å². The van der Waals surface area contributed by atoms with Gasteiger partial charge in [-0.2, -0.15) is 0 Å². The topological polar surface area (TPSA) is 9.23 Å². The lowest BCUT2D eigenvalue weighted by Crippen LogP contribution is -2.16. The molecule has 0 aliphatic heterocycles. The Kier molecular flexibility index (Phi) is 5.93. The van der Waals surface area contributed by atoms with Crippen molar-refractivity contribution in [3.63, 3.8) is 0 Å². The summed E-state index contributed by atoms with van der Waals surface area (Å²) in [5.41, 5.74) is -1.91. The van der Waals surface area contributed by atoms with Crippen LogP contribution in [0.15, 0.2) is 36.4 Å². The van der Waals surface area contributed by atoms with E-state index in [1.165, 1.54) is 30.3 Å². The highest BCUT2D eigenvalue weighted by molar-refractivity contribution is 5.80. The van der Waals surface area contributed by atoms with E-state index in [2.05, 4.69) is 0 Å². The molecule has 1 aliphatic rings. The molecule has 0 fully saturated rings. The molecule has 0 N–H and O–H groups in total. The molecule has 3 aromatic rings. The third-order valence-corrected chi connectivity index (χ3v) is 5.69. The summed E-state index contributed by atoms with van der Waals surface area (Å²) in [7, 11) is 0. The molecule has 0 aromatic heterocycles. The molecule has 2 atom stereocenters. The Hall–Kier alpha value is -2.96. The van der Waals surface area contributed by atoms with Crippen molar-refractivity contribution < 1.29 is 31.1 Å². The van der Waals surface area contributed by atoms with Crippen LogP contribution in [0.25, 0.3) is 22.3 Å². The van der Waals surface area contributed by atoms with Gasteiger partial charge in [-0.25, -0.2) is 26.3 Å². The average molecular weight is 450 g/mol. The maximum Gasteiger partial charge on any atom is 0.171 e. The largest absolute Gasteiger partial charge is 0.491 e. The van der Waals surface area contributed by atoms with Crippen LogP contribution >= 0.6 is 0 Å². The lowest BCUT2D eigenvalue weighted by Gasteiger charge is -2.28. The maximum atomic E-state index is 15.4. The van der Waals surface area contributed by atoms with Gasteiger partial charge in [-0.1, -0.05) is 43.7 Å². The van der Waals surface area contributed by atoms with Gasteiger partial charge in [0.2, 0.25) is 0 Å². The molecule has 3 aromatic carbocycles. The van der Waals surface area contributed by atoms with Gasteiger partial charge in [-0.3, -0.25) is 0 Å². The minimum absolute atomic E-state index is 0.0160. The molecule has 0 radical (unpaired) electrons. The van der Waals surface area contributed by atoms with Crippen LogP contribution in [0.2, 0.25) is 0 Å². The van der Waals surface area contributed by atoms with Crippen molar-refractivity contribution in [1.82, 2.24) is 0 Å². The van der Waals surface area contributed by atoms with Crippen molar-refractivity contribution in [2.24, 2.45) is 0 Å². The summed E-state index contributed by atoms with van der Waals surface area (Å²) in [6.45, 7) is 3.55. The Morgan fingerprint density at radius 3 is 1.81 bits per heavy atom. The molecule has 0 bridgehead atoms. The highest BCUT2D eigenvalue weighted by Gasteiger charge is 2.40. The van der Waals surface area contributed by atoms with Crippen LogP contribution in [-0.4, -0.2) is 6.61 Å². The molecule has 4 rings (SSSR count). The average Bonchev–Trinajstić information content (AvgIpc) is 2.77. The highest BCUT2D eigenvalue weighted by atomic mass is 19.2. The Morgan fingerprint density at radius 1 is 0.656 bits per heavy atom. The highest BCUT2D eigenvalue weighted by Crippen LogP contribution is 2.52. The molecule has 1 nitrogen and oxygen atoms in total. The van der Waals surface area contributed by atoms with Crippen LogP contribution < -0.4 is 4.74 Å². The number of aryl methyl sites for hydroxylation is 1. The molecule has 0 spiro atoms. The molecular formula is C25H20F6O. The summed E-state index contributed by atoms with van der Waals surface area (Å²) in [6.07, 6.45) is -4.13. The van der Waals surface area contributed by atoms with E-state index in [0.717, 1.165) is 6.07 Å². The summed E-state index contributed by atoms with van der Waals surface area (Å²) in [5.74, 6) is -4.84. The number of ether oxygens (including phenoxy) is 1. The zero-order valence-corrected chi connectivity index (χ0v) is 17.4. The van der Waals surface area contributed by atoms with Crippen LogP contribution in [0.4, 0.5) is 26.3 Å². The van der Waals surface area contributed by atoms with E-state index in [1.54, 1.807) is 13.8 Å². The van der Waals surface area contributed by atoms with Crippen LogP contribution in [0.1, 0.15) is 49.3 Å². The molecule has 32 heavy (non-hydrogen) atoms. The van der Waals surface area contributed by atoms with E-state index >= 15 is 8.78 Å². The summed E-state index contributed by atoms with van der Waals surface area (Å²) < 4.78 is 94.4. The van der Waals surface area contributed by atoms with E-state index in [0.29, 0.717) is 12.8 Å². The van der Waals surface area contributed by atoms with Gasteiger partial charge < -0.3 is 4.74 Å². The Balaban J connectivity index is 1.90. The quantitative estimate of drug-likeness (QED) is 0.358. The van der Waals surface area contributed by atoms with Crippen molar-refractivity contribution in [3.8, 4) is 28.0 Å². The molecule has 1 aliphatic carbocycles. The van der Waals surface area contributed by atoms with Crippen molar-refractivity contribution >= 4 is 0 Å². The normalized spacial score (nSPS) is 17.1. The van der Waals surface area contributed by atoms with Gasteiger partial charge in [0.25, 0.3) is 0 Å². The second kappa shape index (κ2) is 8.52. The van der Waals surface area contributed by atoms with Gasteiger partial charge in [0.15, 0.2) is 35.5 Å². The fourth-order valence-corrected chi connectivity index (χ4v) is 4.20. The first kappa shape index (κ1) is 22.2. The predicted molar refractivity (Wildman–Crippen MR) is 110 cm³/mol. The predicted octanol–water partition coefficient (Wildman–Crippen LogP) is 7.96. The fourth-order valence-electron chi connectivity index (χ4n) is 4.20. The van der Waals surface area contributed by atoms with Crippen molar-refractivity contribution in [2.75, 3.05) is 6.61 Å². The van der Waals surface area contributed by atoms with E-state index < -0.39 is 57.9 Å². The monoisotopic (exact) mass is 450 g/mol. The Bertz CT molecular complexity index is 1190. The Labute approximate surface area is 181 Å². The molecule has 2 unspecified atom stereocenters. The smallest absolute Gasteiger partial charge is 0.171 e. The first-order valence-electron chi connectivity index (χ1n) is 10.3. The summed E-state index contributed by atoms with van der Waals surface area (Å²) in [4.78, 5) is 0. The third kappa shape index (κ3) is 3.34. The maximum absolute atomic E-state index is 15.4.